The molecule has 1 aromatic carbocycles. The summed E-state index contributed by atoms with van der Waals surface area (Å²) in [4.78, 5) is 50.4. The van der Waals surface area contributed by atoms with Crippen molar-refractivity contribution in [1.82, 2.24) is 19.8 Å². The highest BCUT2D eigenvalue weighted by atomic mass is 32.1. The Labute approximate surface area is 196 Å². The molecule has 0 saturated carbocycles. The second-order valence-corrected chi connectivity index (χ2v) is 9.99. The van der Waals surface area contributed by atoms with Crippen molar-refractivity contribution < 1.29 is 9.59 Å². The topological polar surface area (TPSA) is 98.4 Å². The van der Waals surface area contributed by atoms with Crippen LogP contribution in [0.5, 0.6) is 0 Å². The summed E-state index contributed by atoms with van der Waals surface area (Å²) >= 11 is 1.51. The van der Waals surface area contributed by atoms with E-state index in [-0.39, 0.29) is 29.8 Å². The quantitative estimate of drug-likeness (QED) is 0.601. The van der Waals surface area contributed by atoms with Gasteiger partial charge in [0.05, 0.1) is 11.9 Å². The fourth-order valence-corrected chi connectivity index (χ4v) is 5.27. The summed E-state index contributed by atoms with van der Waals surface area (Å²) in [6, 6.07) is 7.33. The van der Waals surface area contributed by atoms with E-state index in [1.165, 1.54) is 11.3 Å². The van der Waals surface area contributed by atoms with Crippen molar-refractivity contribution in [2.45, 2.75) is 26.7 Å². The van der Waals surface area contributed by atoms with Crippen molar-refractivity contribution in [2.75, 3.05) is 39.0 Å². The number of rotatable bonds is 5. The molecular formula is C24H29N5O3S. The molecule has 174 valence electrons. The van der Waals surface area contributed by atoms with Crippen LogP contribution in [0.3, 0.4) is 0 Å². The Morgan fingerprint density at radius 3 is 2.67 bits per heavy atom. The van der Waals surface area contributed by atoms with E-state index in [0.29, 0.717) is 21.7 Å². The van der Waals surface area contributed by atoms with E-state index in [1.54, 1.807) is 19.0 Å². The molecule has 1 fully saturated rings. The van der Waals surface area contributed by atoms with Crippen LogP contribution in [0.15, 0.2) is 29.1 Å². The molecule has 0 aliphatic carbocycles. The molecule has 9 heteroatoms. The number of H-pyrrole nitrogens is 1. The van der Waals surface area contributed by atoms with Crippen LogP contribution in [0, 0.1) is 19.8 Å². The standard InChI is InChI=1S/C24H29N5O3S/c1-14-15(2)33-23-20(14)22(31)26-21(27-23)17-6-5-7-18(12-17)25-19(30)13-29-10-8-16(9-11-29)24(32)28(3)4/h5-7,12,16H,8-11,13H2,1-4H3,(H,25,30)(H,26,27,31). The van der Waals surface area contributed by atoms with E-state index in [9.17, 15) is 14.4 Å². The number of carbonyl (C=O) groups is 2. The third-order valence-corrected chi connectivity index (χ3v) is 7.30. The van der Waals surface area contributed by atoms with Gasteiger partial charge in [0.1, 0.15) is 10.7 Å². The van der Waals surface area contributed by atoms with Gasteiger partial charge in [-0.25, -0.2) is 4.98 Å². The number of hydrogen-bond acceptors (Lipinski definition) is 6. The summed E-state index contributed by atoms with van der Waals surface area (Å²) in [7, 11) is 3.56. The Kier molecular flexibility index (Phi) is 6.62. The monoisotopic (exact) mass is 467 g/mol. The second-order valence-electron chi connectivity index (χ2n) is 8.79. The minimum Gasteiger partial charge on any atom is -0.349 e. The van der Waals surface area contributed by atoms with Crippen molar-refractivity contribution in [3.05, 3.63) is 45.1 Å². The number of nitrogens with one attached hydrogen (secondary N) is 2. The van der Waals surface area contributed by atoms with Crippen LogP contribution in [0.4, 0.5) is 5.69 Å². The van der Waals surface area contributed by atoms with E-state index in [4.69, 9.17) is 0 Å². The van der Waals surface area contributed by atoms with Gasteiger partial charge in [-0.1, -0.05) is 12.1 Å². The Bertz CT molecular complexity index is 1250. The van der Waals surface area contributed by atoms with Gasteiger partial charge in [0.2, 0.25) is 11.8 Å². The van der Waals surface area contributed by atoms with Crippen LogP contribution in [0.1, 0.15) is 23.3 Å². The number of nitrogens with zero attached hydrogens (tertiary/aromatic N) is 3. The third kappa shape index (κ3) is 4.99. The van der Waals surface area contributed by atoms with Gasteiger partial charge in [-0.15, -0.1) is 11.3 Å². The van der Waals surface area contributed by atoms with Gasteiger partial charge in [0.25, 0.3) is 5.56 Å². The van der Waals surface area contributed by atoms with E-state index >= 15 is 0 Å². The summed E-state index contributed by atoms with van der Waals surface area (Å²) in [6.45, 7) is 5.65. The Hall–Kier alpha value is -3.04. The summed E-state index contributed by atoms with van der Waals surface area (Å²) in [5.74, 6) is 0.580. The lowest BCUT2D eigenvalue weighted by molar-refractivity contribution is -0.134. The molecule has 3 heterocycles. The van der Waals surface area contributed by atoms with Gasteiger partial charge in [0, 0.05) is 36.1 Å². The molecule has 0 radical (unpaired) electrons. The largest absolute Gasteiger partial charge is 0.349 e. The smallest absolute Gasteiger partial charge is 0.260 e. The molecule has 4 rings (SSSR count). The molecule has 2 N–H and O–H groups in total. The minimum atomic E-state index is -0.151. The normalized spacial score (nSPS) is 15.0. The number of piperidine rings is 1. The number of anilines is 1. The fourth-order valence-electron chi connectivity index (χ4n) is 4.24. The first kappa shape index (κ1) is 23.1. The van der Waals surface area contributed by atoms with Gasteiger partial charge in [-0.05, 0) is 57.5 Å². The van der Waals surface area contributed by atoms with E-state index in [1.807, 2.05) is 38.1 Å². The van der Waals surface area contributed by atoms with E-state index in [0.717, 1.165) is 41.9 Å². The maximum Gasteiger partial charge on any atom is 0.260 e. The van der Waals surface area contributed by atoms with Gasteiger partial charge in [-0.2, -0.15) is 0 Å². The first-order valence-corrected chi connectivity index (χ1v) is 11.9. The molecule has 3 aromatic rings. The second kappa shape index (κ2) is 9.44. The zero-order valence-corrected chi connectivity index (χ0v) is 20.2. The molecule has 33 heavy (non-hydrogen) atoms. The number of benzene rings is 1. The highest BCUT2D eigenvalue weighted by Crippen LogP contribution is 2.28. The van der Waals surface area contributed by atoms with Crippen LogP contribution in [0.2, 0.25) is 0 Å². The Morgan fingerprint density at radius 1 is 1.24 bits per heavy atom. The van der Waals surface area contributed by atoms with Crippen molar-refractivity contribution >= 4 is 39.1 Å². The molecule has 1 aliphatic heterocycles. The summed E-state index contributed by atoms with van der Waals surface area (Å²) in [5.41, 5.74) is 2.20. The van der Waals surface area contributed by atoms with Gasteiger partial charge in [0.15, 0.2) is 0 Å². The van der Waals surface area contributed by atoms with Gasteiger partial charge in [-0.3, -0.25) is 19.3 Å². The lowest BCUT2D eigenvalue weighted by Crippen LogP contribution is -2.43. The average molecular weight is 468 g/mol. The highest BCUT2D eigenvalue weighted by molar-refractivity contribution is 7.18. The van der Waals surface area contributed by atoms with Crippen LogP contribution in [-0.2, 0) is 9.59 Å². The maximum atomic E-state index is 12.6. The molecule has 8 nitrogen and oxygen atoms in total. The molecular weight excluding hydrogens is 438 g/mol. The number of fused-ring (bicyclic) bond motifs is 1. The van der Waals surface area contributed by atoms with Crippen LogP contribution < -0.4 is 10.9 Å². The SMILES string of the molecule is Cc1sc2nc(-c3cccc(NC(=O)CN4CCC(C(=O)N(C)C)CC4)c3)[nH]c(=O)c2c1C. The van der Waals surface area contributed by atoms with Gasteiger partial charge < -0.3 is 15.2 Å². The molecule has 0 atom stereocenters. The fraction of sp³-hybridized carbons (Fsp3) is 0.417. The average Bonchev–Trinajstić information content (AvgIpc) is 3.07. The summed E-state index contributed by atoms with van der Waals surface area (Å²) in [5, 5.41) is 3.58. The number of hydrogen-bond donors (Lipinski definition) is 2. The lowest BCUT2D eigenvalue weighted by Gasteiger charge is -2.31. The lowest BCUT2D eigenvalue weighted by atomic mass is 9.95. The Balaban J connectivity index is 1.42. The van der Waals surface area contributed by atoms with Crippen LogP contribution in [0.25, 0.3) is 21.6 Å². The highest BCUT2D eigenvalue weighted by Gasteiger charge is 2.26. The van der Waals surface area contributed by atoms with Crippen molar-refractivity contribution in [2.24, 2.45) is 5.92 Å². The molecule has 0 bridgehead atoms. The van der Waals surface area contributed by atoms with Crippen molar-refractivity contribution in [3.8, 4) is 11.4 Å². The van der Waals surface area contributed by atoms with Gasteiger partial charge >= 0.3 is 0 Å². The van der Waals surface area contributed by atoms with Crippen molar-refractivity contribution in [1.29, 1.82) is 0 Å². The molecule has 0 spiro atoms. The summed E-state index contributed by atoms with van der Waals surface area (Å²) < 4.78 is 0. The molecule has 2 amide bonds. The van der Waals surface area contributed by atoms with E-state index in [2.05, 4.69) is 20.2 Å². The number of likely N-dealkylation sites (tertiary alicyclic amines) is 1. The predicted octanol–water partition coefficient (Wildman–Crippen LogP) is 3.01. The molecule has 1 aliphatic rings. The number of thiophene rings is 1. The third-order valence-electron chi connectivity index (χ3n) is 6.20. The first-order chi connectivity index (χ1) is 15.7. The number of aryl methyl sites for hydroxylation is 2. The summed E-state index contributed by atoms with van der Waals surface area (Å²) in [6.07, 6.45) is 1.53. The molecule has 2 aromatic heterocycles. The minimum absolute atomic E-state index is 0.0407. The number of amides is 2. The first-order valence-electron chi connectivity index (χ1n) is 11.1. The van der Waals surface area contributed by atoms with E-state index < -0.39 is 0 Å². The predicted molar refractivity (Wildman–Crippen MR) is 132 cm³/mol. The number of aromatic nitrogens is 2. The molecule has 0 unspecified atom stereocenters. The zero-order valence-electron chi connectivity index (χ0n) is 19.4. The Morgan fingerprint density at radius 2 is 1.97 bits per heavy atom. The van der Waals surface area contributed by atoms with Crippen molar-refractivity contribution in [3.63, 3.8) is 0 Å². The molecule has 1 saturated heterocycles. The van der Waals surface area contributed by atoms with Crippen LogP contribution >= 0.6 is 11.3 Å². The number of carbonyl (C=O) groups excluding carboxylic acids is 2. The van der Waals surface area contributed by atoms with Crippen LogP contribution in [-0.4, -0.2) is 65.3 Å². The zero-order chi connectivity index (χ0) is 23.7. The maximum absolute atomic E-state index is 12.6. The number of aromatic amines is 1.